The fraction of sp³-hybridized carbons (Fsp3) is 1.00. The van der Waals surface area contributed by atoms with E-state index in [1.807, 2.05) is 6.92 Å². The van der Waals surface area contributed by atoms with Gasteiger partial charge in [-0.05, 0) is 6.92 Å². The van der Waals surface area contributed by atoms with Crippen molar-refractivity contribution in [3.63, 3.8) is 0 Å². The summed E-state index contributed by atoms with van der Waals surface area (Å²) < 4.78 is 14.7. The van der Waals surface area contributed by atoms with E-state index < -0.39 is 0 Å². The van der Waals surface area contributed by atoms with Crippen molar-refractivity contribution in [2.75, 3.05) is 27.4 Å². The van der Waals surface area contributed by atoms with E-state index in [2.05, 4.69) is 0 Å². The molecule has 0 unspecified atom stereocenters. The molecule has 0 fully saturated rings. The van der Waals surface area contributed by atoms with Crippen molar-refractivity contribution in [3.8, 4) is 0 Å². The number of ether oxygens (including phenoxy) is 3. The smallest absolute Gasteiger partial charge is 0.180 e. The maximum Gasteiger partial charge on any atom is 0.180 e. The molecule has 0 radical (unpaired) electrons. The second kappa shape index (κ2) is 8.84. The van der Waals surface area contributed by atoms with Crippen LogP contribution in [0.2, 0.25) is 0 Å². The molecule has 0 saturated heterocycles. The first-order chi connectivity index (χ1) is 4.35. The molecular weight excluding hydrogens is 134 g/mol. The van der Waals surface area contributed by atoms with Crippen molar-refractivity contribution in [1.29, 1.82) is 0 Å². The summed E-state index contributed by atoms with van der Waals surface area (Å²) in [5.41, 5.74) is 0. The summed E-state index contributed by atoms with van der Waals surface area (Å²) in [5.74, 6) is 0. The first-order valence-electron chi connectivity index (χ1n) is 2.98. The molecule has 0 saturated carbocycles. The average molecular weight is 151 g/mol. The van der Waals surface area contributed by atoms with Crippen LogP contribution in [0.25, 0.3) is 0 Å². The van der Waals surface area contributed by atoms with Gasteiger partial charge in [0, 0.05) is 20.8 Å². The molecular formula is C6H17NO3. The van der Waals surface area contributed by atoms with Crippen molar-refractivity contribution in [3.05, 3.63) is 0 Å². The molecule has 0 aliphatic heterocycles. The third kappa shape index (κ3) is 5.97. The van der Waals surface area contributed by atoms with Crippen LogP contribution in [0.15, 0.2) is 0 Å². The van der Waals surface area contributed by atoms with E-state index >= 15 is 0 Å². The van der Waals surface area contributed by atoms with Crippen LogP contribution in [0.3, 0.4) is 0 Å². The van der Waals surface area contributed by atoms with Crippen LogP contribution >= 0.6 is 0 Å². The Kier molecular flexibility index (Phi) is 11.1. The molecule has 0 atom stereocenters. The van der Waals surface area contributed by atoms with Gasteiger partial charge in [0.25, 0.3) is 0 Å². The Morgan fingerprint density at radius 1 is 1.20 bits per heavy atom. The minimum absolute atomic E-state index is 0. The minimum atomic E-state index is -0.218. The molecule has 64 valence electrons. The fourth-order valence-electron chi connectivity index (χ4n) is 0.446. The van der Waals surface area contributed by atoms with Gasteiger partial charge in [0.2, 0.25) is 0 Å². The molecule has 4 nitrogen and oxygen atoms in total. The van der Waals surface area contributed by atoms with Gasteiger partial charge in [0.15, 0.2) is 6.29 Å². The normalized spacial score (nSPS) is 9.60. The fourth-order valence-corrected chi connectivity index (χ4v) is 0.446. The molecule has 0 rings (SSSR count). The zero-order valence-corrected chi connectivity index (χ0v) is 6.92. The van der Waals surface area contributed by atoms with Crippen molar-refractivity contribution >= 4 is 0 Å². The summed E-state index contributed by atoms with van der Waals surface area (Å²) in [4.78, 5) is 0. The molecule has 0 aromatic rings. The summed E-state index contributed by atoms with van der Waals surface area (Å²) in [6, 6.07) is 0. The standard InChI is InChI=1S/C6H14O3.H3N/c1-4-9-5-6(7-2)8-3;/h6H,4-5H2,1-3H3;1H3. The van der Waals surface area contributed by atoms with Crippen LogP contribution in [0.1, 0.15) is 6.92 Å². The molecule has 0 aliphatic rings. The number of rotatable bonds is 5. The van der Waals surface area contributed by atoms with Crippen LogP contribution in [0.5, 0.6) is 0 Å². The highest BCUT2D eigenvalue weighted by Crippen LogP contribution is 1.90. The van der Waals surface area contributed by atoms with Crippen molar-refractivity contribution in [2.24, 2.45) is 0 Å². The predicted molar refractivity (Wildman–Crippen MR) is 39.3 cm³/mol. The highest BCUT2D eigenvalue weighted by atomic mass is 16.7. The molecule has 0 aromatic heterocycles. The maximum atomic E-state index is 5.03. The van der Waals surface area contributed by atoms with Gasteiger partial charge in [-0.1, -0.05) is 0 Å². The van der Waals surface area contributed by atoms with Gasteiger partial charge in [0.1, 0.15) is 0 Å². The number of hydrogen-bond acceptors (Lipinski definition) is 4. The van der Waals surface area contributed by atoms with Gasteiger partial charge in [-0.2, -0.15) is 0 Å². The van der Waals surface area contributed by atoms with Crippen LogP contribution in [0, 0.1) is 0 Å². The van der Waals surface area contributed by atoms with E-state index in [1.165, 1.54) is 0 Å². The maximum absolute atomic E-state index is 5.03. The molecule has 0 heterocycles. The molecule has 0 amide bonds. The lowest BCUT2D eigenvalue weighted by Gasteiger charge is -2.11. The monoisotopic (exact) mass is 151 g/mol. The van der Waals surface area contributed by atoms with E-state index in [1.54, 1.807) is 14.2 Å². The lowest BCUT2D eigenvalue weighted by molar-refractivity contribution is -0.139. The Hall–Kier alpha value is -0.160. The van der Waals surface area contributed by atoms with E-state index in [4.69, 9.17) is 14.2 Å². The largest absolute Gasteiger partial charge is 0.376 e. The van der Waals surface area contributed by atoms with Crippen LogP contribution in [-0.4, -0.2) is 33.7 Å². The van der Waals surface area contributed by atoms with Crippen molar-refractivity contribution in [1.82, 2.24) is 6.15 Å². The molecule has 0 spiro atoms. The van der Waals surface area contributed by atoms with E-state index in [-0.39, 0.29) is 12.4 Å². The SMILES string of the molecule is CCOCC(OC)OC.N. The third-order valence-electron chi connectivity index (χ3n) is 0.984. The van der Waals surface area contributed by atoms with Gasteiger partial charge in [0.05, 0.1) is 6.61 Å². The molecule has 0 aromatic carbocycles. The van der Waals surface area contributed by atoms with E-state index in [0.717, 1.165) is 0 Å². The summed E-state index contributed by atoms with van der Waals surface area (Å²) in [7, 11) is 3.18. The summed E-state index contributed by atoms with van der Waals surface area (Å²) in [5, 5.41) is 0. The highest BCUT2D eigenvalue weighted by molar-refractivity contribution is 4.35. The second-order valence-corrected chi connectivity index (χ2v) is 1.56. The average Bonchev–Trinajstić information content (AvgIpc) is 1.91. The Labute approximate surface area is 62.0 Å². The summed E-state index contributed by atoms with van der Waals surface area (Å²) in [6.07, 6.45) is -0.218. The van der Waals surface area contributed by atoms with Crippen LogP contribution in [0.4, 0.5) is 0 Å². The van der Waals surface area contributed by atoms with Crippen molar-refractivity contribution in [2.45, 2.75) is 13.2 Å². The Morgan fingerprint density at radius 3 is 2.00 bits per heavy atom. The Morgan fingerprint density at radius 2 is 1.70 bits per heavy atom. The lowest BCUT2D eigenvalue weighted by Crippen LogP contribution is -2.19. The van der Waals surface area contributed by atoms with Gasteiger partial charge in [-0.15, -0.1) is 0 Å². The van der Waals surface area contributed by atoms with Crippen LogP contribution < -0.4 is 6.15 Å². The zero-order valence-electron chi connectivity index (χ0n) is 6.92. The first kappa shape index (κ1) is 12.5. The summed E-state index contributed by atoms with van der Waals surface area (Å²) in [6.45, 7) is 3.13. The number of methoxy groups -OCH3 is 2. The Bertz CT molecular complexity index is 57.0. The van der Waals surface area contributed by atoms with Crippen molar-refractivity contribution < 1.29 is 14.2 Å². The Balaban J connectivity index is 0. The zero-order chi connectivity index (χ0) is 7.11. The van der Waals surface area contributed by atoms with Gasteiger partial charge in [-0.25, -0.2) is 0 Å². The molecule has 0 aliphatic carbocycles. The minimum Gasteiger partial charge on any atom is -0.376 e. The molecule has 4 heteroatoms. The van der Waals surface area contributed by atoms with Gasteiger partial charge in [-0.3, -0.25) is 0 Å². The third-order valence-corrected chi connectivity index (χ3v) is 0.984. The first-order valence-corrected chi connectivity index (χ1v) is 2.98. The number of hydrogen-bond donors (Lipinski definition) is 1. The quantitative estimate of drug-likeness (QED) is 0.590. The molecule has 10 heavy (non-hydrogen) atoms. The van der Waals surface area contributed by atoms with E-state index in [9.17, 15) is 0 Å². The topological polar surface area (TPSA) is 62.7 Å². The summed E-state index contributed by atoms with van der Waals surface area (Å²) >= 11 is 0. The van der Waals surface area contributed by atoms with Crippen LogP contribution in [-0.2, 0) is 14.2 Å². The molecule has 0 bridgehead atoms. The highest BCUT2D eigenvalue weighted by Gasteiger charge is 2.01. The van der Waals surface area contributed by atoms with Gasteiger partial charge >= 0.3 is 0 Å². The second-order valence-electron chi connectivity index (χ2n) is 1.56. The predicted octanol–water partition coefficient (Wildman–Crippen LogP) is 0.804. The van der Waals surface area contributed by atoms with E-state index in [0.29, 0.717) is 13.2 Å². The molecule has 3 N–H and O–H groups in total. The lowest BCUT2D eigenvalue weighted by atomic mass is 10.7. The van der Waals surface area contributed by atoms with Gasteiger partial charge < -0.3 is 20.4 Å².